The lowest BCUT2D eigenvalue weighted by molar-refractivity contribution is -0.136. The standard InChI is InChI=1S/C26H27ClFN3O4/c27-20-7-3-5-18(15-20)23(32)30-13-9-26(10-14-30)31(24(33)19-6-4-8-21(28)16-19)22(17-35-26)25(34)29-11-1-2-12-29/h3-8,15-16,22H,1-2,9-14,17H2/t22-/m1/s1. The minimum Gasteiger partial charge on any atom is -0.353 e. The van der Waals surface area contributed by atoms with Crippen molar-refractivity contribution in [3.05, 3.63) is 70.5 Å². The van der Waals surface area contributed by atoms with Crippen molar-refractivity contribution in [3.63, 3.8) is 0 Å². The Bertz CT molecular complexity index is 1140. The summed E-state index contributed by atoms with van der Waals surface area (Å²) < 4.78 is 20.2. The van der Waals surface area contributed by atoms with E-state index in [1.165, 1.54) is 23.1 Å². The highest BCUT2D eigenvalue weighted by Crippen LogP contribution is 2.39. The van der Waals surface area contributed by atoms with Crippen LogP contribution in [0.3, 0.4) is 0 Å². The highest BCUT2D eigenvalue weighted by Gasteiger charge is 2.55. The van der Waals surface area contributed by atoms with Crippen molar-refractivity contribution < 1.29 is 23.5 Å². The Labute approximate surface area is 208 Å². The first-order chi connectivity index (χ1) is 16.9. The number of likely N-dealkylation sites (tertiary alicyclic amines) is 2. The summed E-state index contributed by atoms with van der Waals surface area (Å²) in [6.07, 6.45) is 2.57. The molecule has 2 aromatic carbocycles. The second-order valence-electron chi connectivity index (χ2n) is 9.29. The van der Waals surface area contributed by atoms with Gasteiger partial charge in [0, 0.05) is 55.2 Å². The van der Waals surface area contributed by atoms with E-state index in [9.17, 15) is 18.8 Å². The molecule has 0 bridgehead atoms. The fraction of sp³-hybridized carbons (Fsp3) is 0.423. The molecule has 0 aromatic heterocycles. The Morgan fingerprint density at radius 1 is 0.886 bits per heavy atom. The van der Waals surface area contributed by atoms with Gasteiger partial charge in [-0.25, -0.2) is 4.39 Å². The number of rotatable bonds is 3. The molecule has 9 heteroatoms. The molecule has 3 aliphatic rings. The van der Waals surface area contributed by atoms with Gasteiger partial charge in [-0.15, -0.1) is 0 Å². The number of hydrogen-bond acceptors (Lipinski definition) is 4. The van der Waals surface area contributed by atoms with Crippen LogP contribution in [0.4, 0.5) is 4.39 Å². The molecular formula is C26H27ClFN3O4. The maximum Gasteiger partial charge on any atom is 0.256 e. The van der Waals surface area contributed by atoms with Gasteiger partial charge in [0.2, 0.25) is 5.91 Å². The topological polar surface area (TPSA) is 70.2 Å². The van der Waals surface area contributed by atoms with Gasteiger partial charge >= 0.3 is 0 Å². The van der Waals surface area contributed by atoms with Crippen molar-refractivity contribution in [3.8, 4) is 0 Å². The van der Waals surface area contributed by atoms with Gasteiger partial charge in [-0.05, 0) is 49.2 Å². The number of hydrogen-bond donors (Lipinski definition) is 0. The predicted octanol–water partition coefficient (Wildman–Crippen LogP) is 3.58. The molecule has 3 saturated heterocycles. The molecule has 2 aromatic rings. The van der Waals surface area contributed by atoms with Crippen molar-refractivity contribution in [2.24, 2.45) is 0 Å². The van der Waals surface area contributed by atoms with E-state index < -0.39 is 23.5 Å². The number of amides is 3. The summed E-state index contributed by atoms with van der Waals surface area (Å²) in [7, 11) is 0. The molecule has 3 aliphatic heterocycles. The molecule has 35 heavy (non-hydrogen) atoms. The Morgan fingerprint density at radius 3 is 2.20 bits per heavy atom. The summed E-state index contributed by atoms with van der Waals surface area (Å²) >= 11 is 6.05. The third-order valence-corrected chi connectivity index (χ3v) is 7.39. The molecule has 0 saturated carbocycles. The van der Waals surface area contributed by atoms with E-state index in [1.807, 2.05) is 0 Å². The first kappa shape index (κ1) is 23.8. The Balaban J connectivity index is 1.40. The van der Waals surface area contributed by atoms with Gasteiger partial charge in [-0.3, -0.25) is 19.3 Å². The van der Waals surface area contributed by atoms with Crippen molar-refractivity contribution >= 4 is 29.3 Å². The van der Waals surface area contributed by atoms with E-state index in [-0.39, 0.29) is 24.0 Å². The van der Waals surface area contributed by atoms with Crippen molar-refractivity contribution in [2.45, 2.75) is 37.5 Å². The molecule has 1 atom stereocenters. The fourth-order valence-corrected chi connectivity index (χ4v) is 5.52. The second kappa shape index (κ2) is 9.59. The fourth-order valence-electron chi connectivity index (χ4n) is 5.33. The molecule has 0 radical (unpaired) electrons. The molecular weight excluding hydrogens is 473 g/mol. The molecule has 3 heterocycles. The van der Waals surface area contributed by atoms with Crippen LogP contribution < -0.4 is 0 Å². The van der Waals surface area contributed by atoms with Crippen LogP contribution in [0.5, 0.6) is 0 Å². The number of carbonyl (C=O) groups excluding carboxylic acids is 3. The zero-order valence-corrected chi connectivity index (χ0v) is 20.0. The van der Waals surface area contributed by atoms with Crippen LogP contribution in [-0.2, 0) is 9.53 Å². The Morgan fingerprint density at radius 2 is 1.54 bits per heavy atom. The van der Waals surface area contributed by atoms with Gasteiger partial charge in [0.1, 0.15) is 17.6 Å². The van der Waals surface area contributed by atoms with Crippen molar-refractivity contribution in [1.82, 2.24) is 14.7 Å². The lowest BCUT2D eigenvalue weighted by Gasteiger charge is -2.44. The lowest BCUT2D eigenvalue weighted by Crippen LogP contribution is -2.60. The molecule has 0 aliphatic carbocycles. The third-order valence-electron chi connectivity index (χ3n) is 7.16. The van der Waals surface area contributed by atoms with E-state index in [1.54, 1.807) is 40.1 Å². The number of ether oxygens (including phenoxy) is 1. The van der Waals surface area contributed by atoms with Crippen LogP contribution in [0.15, 0.2) is 48.5 Å². The lowest BCUT2D eigenvalue weighted by atomic mass is 9.96. The van der Waals surface area contributed by atoms with Gasteiger partial charge in [0.25, 0.3) is 11.8 Å². The van der Waals surface area contributed by atoms with Crippen LogP contribution in [0.1, 0.15) is 46.4 Å². The van der Waals surface area contributed by atoms with Gasteiger partial charge in [0.15, 0.2) is 0 Å². The molecule has 3 fully saturated rings. The summed E-state index contributed by atoms with van der Waals surface area (Å²) in [5.74, 6) is -1.24. The maximum atomic E-state index is 13.9. The number of benzene rings is 2. The highest BCUT2D eigenvalue weighted by atomic mass is 35.5. The molecule has 7 nitrogen and oxygen atoms in total. The quantitative estimate of drug-likeness (QED) is 0.647. The number of nitrogens with zero attached hydrogens (tertiary/aromatic N) is 3. The highest BCUT2D eigenvalue weighted by molar-refractivity contribution is 6.30. The van der Waals surface area contributed by atoms with Gasteiger partial charge in [-0.1, -0.05) is 23.7 Å². The average Bonchev–Trinajstić information content (AvgIpc) is 3.52. The van der Waals surface area contributed by atoms with Crippen molar-refractivity contribution in [1.29, 1.82) is 0 Å². The summed E-state index contributed by atoms with van der Waals surface area (Å²) in [5.41, 5.74) is -0.365. The minimum atomic E-state index is -1.03. The third kappa shape index (κ3) is 4.52. The number of halogens is 2. The van der Waals surface area contributed by atoms with Crippen LogP contribution in [0.25, 0.3) is 0 Å². The smallest absolute Gasteiger partial charge is 0.256 e. The first-order valence-corrected chi connectivity index (χ1v) is 12.3. The molecule has 0 unspecified atom stereocenters. The van der Waals surface area contributed by atoms with Gasteiger partial charge in [-0.2, -0.15) is 0 Å². The van der Waals surface area contributed by atoms with Crippen LogP contribution in [0.2, 0.25) is 5.02 Å². The van der Waals surface area contributed by atoms with E-state index in [2.05, 4.69) is 0 Å². The van der Waals surface area contributed by atoms with Crippen LogP contribution >= 0.6 is 11.6 Å². The summed E-state index contributed by atoms with van der Waals surface area (Å²) in [5, 5.41) is 0.485. The monoisotopic (exact) mass is 499 g/mol. The van der Waals surface area contributed by atoms with Crippen LogP contribution in [-0.4, -0.2) is 77.0 Å². The van der Waals surface area contributed by atoms with E-state index in [0.29, 0.717) is 49.6 Å². The average molecular weight is 500 g/mol. The normalized spacial score (nSPS) is 21.5. The molecule has 5 rings (SSSR count). The number of piperidine rings is 1. The number of carbonyl (C=O) groups is 3. The second-order valence-corrected chi connectivity index (χ2v) is 9.73. The van der Waals surface area contributed by atoms with Crippen LogP contribution in [0, 0.1) is 5.82 Å². The summed E-state index contributed by atoms with van der Waals surface area (Å²) in [4.78, 5) is 45.1. The Kier molecular flexibility index (Phi) is 6.51. The largest absolute Gasteiger partial charge is 0.353 e. The van der Waals surface area contributed by atoms with E-state index >= 15 is 0 Å². The van der Waals surface area contributed by atoms with Crippen molar-refractivity contribution in [2.75, 3.05) is 32.8 Å². The molecule has 0 N–H and O–H groups in total. The zero-order chi connectivity index (χ0) is 24.6. The summed E-state index contributed by atoms with van der Waals surface area (Å²) in [6, 6.07) is 11.5. The minimum absolute atomic E-state index is 0.0820. The van der Waals surface area contributed by atoms with Gasteiger partial charge < -0.3 is 14.5 Å². The maximum absolute atomic E-state index is 13.9. The molecule has 184 valence electrons. The molecule has 1 spiro atoms. The SMILES string of the molecule is O=C(c1cccc(Cl)c1)N1CCC2(CC1)OC[C@H](C(=O)N1CCCC1)N2C(=O)c1cccc(F)c1. The predicted molar refractivity (Wildman–Crippen MR) is 127 cm³/mol. The molecule has 3 amide bonds. The Hall–Kier alpha value is -2.97. The van der Waals surface area contributed by atoms with E-state index in [4.69, 9.17) is 16.3 Å². The first-order valence-electron chi connectivity index (χ1n) is 11.9. The summed E-state index contributed by atoms with van der Waals surface area (Å²) in [6.45, 7) is 2.10. The van der Waals surface area contributed by atoms with Gasteiger partial charge in [0.05, 0.1) is 6.61 Å². The zero-order valence-electron chi connectivity index (χ0n) is 19.3. The van der Waals surface area contributed by atoms with E-state index in [0.717, 1.165) is 12.8 Å².